The van der Waals surface area contributed by atoms with Crippen LogP contribution in [0.2, 0.25) is 0 Å². The molecule has 4 nitrogen and oxygen atoms in total. The predicted molar refractivity (Wildman–Crippen MR) is 87.4 cm³/mol. The van der Waals surface area contributed by atoms with Gasteiger partial charge in [0.15, 0.2) is 0 Å². The molecule has 0 aliphatic carbocycles. The van der Waals surface area contributed by atoms with Crippen molar-refractivity contribution in [2.45, 2.75) is 66.3 Å². The standard InChI is InChI=1S/C16H30N4/c1-7-17-14-10-15(20-16(19-14)12(4)5)18-13(6)9-8-11(2)3/h10-13H,7-9H2,1-6H3,(H2,17,18,19,20). The Bertz CT molecular complexity index is 401. The quantitative estimate of drug-likeness (QED) is 0.745. The molecule has 0 bridgehead atoms. The second-order valence-corrected chi connectivity index (χ2v) is 6.20. The van der Waals surface area contributed by atoms with E-state index in [9.17, 15) is 0 Å². The Kier molecular flexibility index (Phi) is 6.76. The third-order valence-corrected chi connectivity index (χ3v) is 3.19. The van der Waals surface area contributed by atoms with Gasteiger partial charge >= 0.3 is 0 Å². The molecule has 4 heteroatoms. The molecule has 1 rings (SSSR count). The highest BCUT2D eigenvalue weighted by Crippen LogP contribution is 2.18. The van der Waals surface area contributed by atoms with Crippen molar-refractivity contribution in [3.05, 3.63) is 11.9 Å². The smallest absolute Gasteiger partial charge is 0.135 e. The maximum atomic E-state index is 4.62. The summed E-state index contributed by atoms with van der Waals surface area (Å²) in [5.74, 6) is 3.80. The van der Waals surface area contributed by atoms with Crippen LogP contribution in [0.15, 0.2) is 6.07 Å². The molecule has 1 atom stereocenters. The zero-order valence-corrected chi connectivity index (χ0v) is 13.8. The maximum Gasteiger partial charge on any atom is 0.135 e. The zero-order valence-electron chi connectivity index (χ0n) is 13.8. The lowest BCUT2D eigenvalue weighted by molar-refractivity contribution is 0.527. The van der Waals surface area contributed by atoms with Crippen LogP contribution in [0.25, 0.3) is 0 Å². The highest BCUT2D eigenvalue weighted by molar-refractivity contribution is 5.48. The van der Waals surface area contributed by atoms with E-state index in [-0.39, 0.29) is 0 Å². The molecule has 1 aromatic heterocycles. The number of anilines is 2. The van der Waals surface area contributed by atoms with Gasteiger partial charge in [-0.1, -0.05) is 27.7 Å². The van der Waals surface area contributed by atoms with Gasteiger partial charge in [0.2, 0.25) is 0 Å². The van der Waals surface area contributed by atoms with E-state index in [1.807, 2.05) is 6.07 Å². The second-order valence-electron chi connectivity index (χ2n) is 6.20. The number of nitrogens with zero attached hydrogens (tertiary/aromatic N) is 2. The first-order valence-electron chi connectivity index (χ1n) is 7.81. The lowest BCUT2D eigenvalue weighted by Crippen LogP contribution is -2.18. The van der Waals surface area contributed by atoms with E-state index in [0.717, 1.165) is 36.3 Å². The predicted octanol–water partition coefficient (Wildman–Crippen LogP) is 4.27. The summed E-state index contributed by atoms with van der Waals surface area (Å²) in [7, 11) is 0. The first-order valence-corrected chi connectivity index (χ1v) is 7.81. The van der Waals surface area contributed by atoms with Gasteiger partial charge in [0.1, 0.15) is 17.5 Å². The SMILES string of the molecule is CCNc1cc(NC(C)CCC(C)C)nc(C(C)C)n1. The van der Waals surface area contributed by atoms with Gasteiger partial charge in [-0.05, 0) is 32.6 Å². The van der Waals surface area contributed by atoms with Crippen LogP contribution < -0.4 is 10.6 Å². The molecule has 0 fully saturated rings. The van der Waals surface area contributed by atoms with Crippen molar-refractivity contribution in [2.24, 2.45) is 5.92 Å². The highest BCUT2D eigenvalue weighted by Gasteiger charge is 2.10. The number of rotatable bonds is 8. The van der Waals surface area contributed by atoms with Crippen molar-refractivity contribution in [3.8, 4) is 0 Å². The van der Waals surface area contributed by atoms with Gasteiger partial charge < -0.3 is 10.6 Å². The summed E-state index contributed by atoms with van der Waals surface area (Å²) >= 11 is 0. The molecule has 0 saturated heterocycles. The van der Waals surface area contributed by atoms with Gasteiger partial charge in [0.25, 0.3) is 0 Å². The summed E-state index contributed by atoms with van der Waals surface area (Å²) in [4.78, 5) is 9.16. The zero-order chi connectivity index (χ0) is 15.1. The molecule has 0 aromatic carbocycles. The fraction of sp³-hybridized carbons (Fsp3) is 0.750. The molecular formula is C16H30N4. The van der Waals surface area contributed by atoms with Gasteiger partial charge in [0.05, 0.1) is 0 Å². The third kappa shape index (κ3) is 5.76. The van der Waals surface area contributed by atoms with Gasteiger partial charge in [-0.3, -0.25) is 0 Å². The average molecular weight is 278 g/mol. The Hall–Kier alpha value is -1.32. The van der Waals surface area contributed by atoms with Crippen LogP contribution in [0.3, 0.4) is 0 Å². The molecule has 0 amide bonds. The Morgan fingerprint density at radius 2 is 1.65 bits per heavy atom. The molecule has 20 heavy (non-hydrogen) atoms. The summed E-state index contributed by atoms with van der Waals surface area (Å²) in [6, 6.07) is 2.43. The van der Waals surface area contributed by atoms with Gasteiger partial charge in [-0.2, -0.15) is 0 Å². The van der Waals surface area contributed by atoms with E-state index in [4.69, 9.17) is 0 Å². The second kappa shape index (κ2) is 8.08. The monoisotopic (exact) mass is 278 g/mol. The maximum absolute atomic E-state index is 4.62. The van der Waals surface area contributed by atoms with E-state index < -0.39 is 0 Å². The third-order valence-electron chi connectivity index (χ3n) is 3.19. The lowest BCUT2D eigenvalue weighted by Gasteiger charge is -2.17. The molecule has 0 saturated carbocycles. The normalized spacial score (nSPS) is 12.8. The minimum atomic E-state index is 0.333. The molecule has 2 N–H and O–H groups in total. The van der Waals surface area contributed by atoms with Crippen molar-refractivity contribution >= 4 is 11.6 Å². The van der Waals surface area contributed by atoms with Crippen molar-refractivity contribution in [1.82, 2.24) is 9.97 Å². The molecule has 1 unspecified atom stereocenters. The molecule has 0 radical (unpaired) electrons. The largest absolute Gasteiger partial charge is 0.370 e. The van der Waals surface area contributed by atoms with Crippen LogP contribution in [0.5, 0.6) is 0 Å². The number of hydrogen-bond acceptors (Lipinski definition) is 4. The van der Waals surface area contributed by atoms with Crippen LogP contribution in [-0.2, 0) is 0 Å². The summed E-state index contributed by atoms with van der Waals surface area (Å²) < 4.78 is 0. The molecule has 114 valence electrons. The van der Waals surface area contributed by atoms with E-state index in [2.05, 4.69) is 62.1 Å². The Morgan fingerprint density at radius 3 is 2.20 bits per heavy atom. The minimum absolute atomic E-state index is 0.333. The number of hydrogen-bond donors (Lipinski definition) is 2. The van der Waals surface area contributed by atoms with E-state index in [0.29, 0.717) is 12.0 Å². The van der Waals surface area contributed by atoms with Crippen LogP contribution in [0, 0.1) is 5.92 Å². The van der Waals surface area contributed by atoms with Crippen molar-refractivity contribution in [3.63, 3.8) is 0 Å². The minimum Gasteiger partial charge on any atom is -0.370 e. The van der Waals surface area contributed by atoms with E-state index >= 15 is 0 Å². The average Bonchev–Trinajstić information content (AvgIpc) is 2.36. The fourth-order valence-electron chi connectivity index (χ4n) is 1.98. The highest BCUT2D eigenvalue weighted by atomic mass is 15.1. The number of aromatic nitrogens is 2. The summed E-state index contributed by atoms with van der Waals surface area (Å²) in [5, 5.41) is 6.78. The van der Waals surface area contributed by atoms with Crippen LogP contribution in [0.1, 0.15) is 66.1 Å². The first-order chi connectivity index (χ1) is 9.42. The van der Waals surface area contributed by atoms with Crippen molar-refractivity contribution < 1.29 is 0 Å². The first kappa shape index (κ1) is 16.7. The topological polar surface area (TPSA) is 49.8 Å². The molecule has 0 spiro atoms. The summed E-state index contributed by atoms with van der Waals surface area (Å²) in [6.45, 7) is 13.9. The molecule has 0 aliphatic heterocycles. The van der Waals surface area contributed by atoms with Gasteiger partial charge in [0, 0.05) is 24.6 Å². The molecule has 1 aromatic rings. The lowest BCUT2D eigenvalue weighted by atomic mass is 10.0. The Morgan fingerprint density at radius 1 is 1.00 bits per heavy atom. The van der Waals surface area contributed by atoms with E-state index in [1.54, 1.807) is 0 Å². The Balaban J connectivity index is 2.77. The van der Waals surface area contributed by atoms with E-state index in [1.165, 1.54) is 6.42 Å². The number of nitrogens with one attached hydrogen (secondary N) is 2. The van der Waals surface area contributed by atoms with Crippen LogP contribution in [-0.4, -0.2) is 22.6 Å². The van der Waals surface area contributed by atoms with Gasteiger partial charge in [-0.25, -0.2) is 9.97 Å². The van der Waals surface area contributed by atoms with Crippen molar-refractivity contribution in [1.29, 1.82) is 0 Å². The fourth-order valence-corrected chi connectivity index (χ4v) is 1.98. The van der Waals surface area contributed by atoms with Crippen LogP contribution in [0.4, 0.5) is 11.6 Å². The van der Waals surface area contributed by atoms with Crippen LogP contribution >= 0.6 is 0 Å². The molecule has 0 aliphatic rings. The summed E-state index contributed by atoms with van der Waals surface area (Å²) in [6.07, 6.45) is 2.39. The molecule has 1 heterocycles. The van der Waals surface area contributed by atoms with Gasteiger partial charge in [-0.15, -0.1) is 0 Å². The Labute approximate surface area is 123 Å². The molecular weight excluding hydrogens is 248 g/mol. The summed E-state index contributed by atoms with van der Waals surface area (Å²) in [5.41, 5.74) is 0. The van der Waals surface area contributed by atoms with Crippen molar-refractivity contribution in [2.75, 3.05) is 17.2 Å².